The lowest BCUT2D eigenvalue weighted by Crippen LogP contribution is -2.11. The second-order valence-corrected chi connectivity index (χ2v) is 6.30. The van der Waals surface area contributed by atoms with Crippen LogP contribution in [0, 0.1) is 0 Å². The minimum Gasteiger partial charge on any atom is -0.366 e. The molecule has 0 aliphatic rings. The summed E-state index contributed by atoms with van der Waals surface area (Å²) in [6, 6.07) is 18.8. The molecule has 0 bridgehead atoms. The summed E-state index contributed by atoms with van der Waals surface area (Å²) in [5.74, 6) is -0.476. The molecule has 1 amide bonds. The van der Waals surface area contributed by atoms with Crippen molar-refractivity contribution in [3.63, 3.8) is 0 Å². The predicted octanol–water partition coefficient (Wildman–Crippen LogP) is 4.72. The van der Waals surface area contributed by atoms with Crippen molar-refractivity contribution in [2.24, 2.45) is 5.73 Å². The zero-order chi connectivity index (χ0) is 18.1. The van der Waals surface area contributed by atoms with E-state index in [-0.39, 0.29) is 0 Å². The van der Waals surface area contributed by atoms with E-state index in [2.05, 4.69) is 9.97 Å². The summed E-state index contributed by atoms with van der Waals surface area (Å²) < 4.78 is 0. The third-order valence-corrected chi connectivity index (χ3v) is 4.46. The highest BCUT2D eigenvalue weighted by atomic mass is 35.5. The average molecular weight is 360 g/mol. The van der Waals surface area contributed by atoms with Crippen LogP contribution in [0.3, 0.4) is 0 Å². The number of hydrogen-bond acceptors (Lipinski definition) is 3. The molecule has 0 spiro atoms. The number of nitrogens with two attached hydrogens (primary N) is 1. The van der Waals surface area contributed by atoms with Crippen LogP contribution >= 0.6 is 11.6 Å². The molecule has 4 aromatic rings. The summed E-state index contributed by atoms with van der Waals surface area (Å²) in [6.07, 6.45) is 3.33. The Morgan fingerprint density at radius 2 is 1.77 bits per heavy atom. The number of hydrogen-bond donors (Lipinski definition) is 1. The summed E-state index contributed by atoms with van der Waals surface area (Å²) in [5, 5.41) is 1.37. The number of primary amides is 1. The molecule has 0 unspecified atom stereocenters. The van der Waals surface area contributed by atoms with Crippen LogP contribution in [0.15, 0.2) is 73.1 Å². The first-order valence-electron chi connectivity index (χ1n) is 8.03. The van der Waals surface area contributed by atoms with Crippen LogP contribution in [0.2, 0.25) is 5.02 Å². The minimum absolute atomic E-state index is 0.449. The quantitative estimate of drug-likeness (QED) is 0.575. The monoisotopic (exact) mass is 359 g/mol. The molecule has 4 rings (SSSR count). The Bertz CT molecular complexity index is 1140. The van der Waals surface area contributed by atoms with Crippen molar-refractivity contribution < 1.29 is 4.79 Å². The largest absolute Gasteiger partial charge is 0.366 e. The van der Waals surface area contributed by atoms with E-state index in [1.165, 1.54) is 0 Å². The molecular formula is C21H14ClN3O. The molecule has 2 N–H and O–H groups in total. The van der Waals surface area contributed by atoms with Crippen LogP contribution in [-0.4, -0.2) is 15.9 Å². The van der Waals surface area contributed by atoms with Crippen molar-refractivity contribution in [2.45, 2.75) is 0 Å². The Balaban J connectivity index is 1.94. The normalized spacial score (nSPS) is 10.8. The van der Waals surface area contributed by atoms with Crippen molar-refractivity contribution in [1.82, 2.24) is 9.97 Å². The summed E-state index contributed by atoms with van der Waals surface area (Å²) in [6.45, 7) is 0. The number of pyridine rings is 2. The molecule has 26 heavy (non-hydrogen) atoms. The van der Waals surface area contributed by atoms with Crippen molar-refractivity contribution in [3.05, 3.63) is 83.6 Å². The summed E-state index contributed by atoms with van der Waals surface area (Å²) in [4.78, 5) is 20.6. The first-order chi connectivity index (χ1) is 12.6. The summed E-state index contributed by atoms with van der Waals surface area (Å²) in [5.41, 5.74) is 10.3. The smallest absolute Gasteiger partial charge is 0.249 e. The van der Waals surface area contributed by atoms with E-state index in [9.17, 15) is 4.79 Å². The molecular weight excluding hydrogens is 346 g/mol. The SMILES string of the molecule is NC(=O)c1ccnc2ccc(-c3cccnc3-c3cccc(Cl)c3)cc12. The number of carbonyl (C=O) groups is 1. The van der Waals surface area contributed by atoms with Crippen LogP contribution in [-0.2, 0) is 0 Å². The number of amides is 1. The molecule has 4 nitrogen and oxygen atoms in total. The zero-order valence-electron chi connectivity index (χ0n) is 13.7. The highest BCUT2D eigenvalue weighted by Gasteiger charge is 2.12. The molecule has 0 aliphatic heterocycles. The first-order valence-corrected chi connectivity index (χ1v) is 8.41. The van der Waals surface area contributed by atoms with Crippen LogP contribution in [0.5, 0.6) is 0 Å². The van der Waals surface area contributed by atoms with Crippen LogP contribution in [0.1, 0.15) is 10.4 Å². The second kappa shape index (κ2) is 6.58. The van der Waals surface area contributed by atoms with Crippen LogP contribution in [0.4, 0.5) is 0 Å². The summed E-state index contributed by atoms with van der Waals surface area (Å²) >= 11 is 6.14. The van der Waals surface area contributed by atoms with Gasteiger partial charge in [0, 0.05) is 33.9 Å². The number of halogens is 1. The van der Waals surface area contributed by atoms with Gasteiger partial charge in [0.1, 0.15) is 0 Å². The zero-order valence-corrected chi connectivity index (χ0v) is 14.4. The maximum absolute atomic E-state index is 11.8. The van der Waals surface area contributed by atoms with E-state index in [1.54, 1.807) is 18.5 Å². The molecule has 2 aromatic carbocycles. The van der Waals surface area contributed by atoms with Crippen molar-refractivity contribution in [1.29, 1.82) is 0 Å². The Hall–Kier alpha value is -3.24. The first kappa shape index (κ1) is 16.2. The molecule has 0 fully saturated rings. The maximum atomic E-state index is 11.8. The topological polar surface area (TPSA) is 68.9 Å². The average Bonchev–Trinajstić information content (AvgIpc) is 2.67. The maximum Gasteiger partial charge on any atom is 0.249 e. The highest BCUT2D eigenvalue weighted by Crippen LogP contribution is 2.33. The number of rotatable bonds is 3. The number of benzene rings is 2. The second-order valence-electron chi connectivity index (χ2n) is 5.86. The number of aromatic nitrogens is 2. The predicted molar refractivity (Wildman–Crippen MR) is 104 cm³/mol. The van der Waals surface area contributed by atoms with Gasteiger partial charge in [-0.1, -0.05) is 35.9 Å². The van der Waals surface area contributed by atoms with Gasteiger partial charge in [0.05, 0.1) is 16.8 Å². The number of nitrogens with zero attached hydrogens (tertiary/aromatic N) is 2. The molecule has 0 saturated heterocycles. The van der Waals surface area contributed by atoms with E-state index < -0.39 is 5.91 Å². The van der Waals surface area contributed by atoms with Gasteiger partial charge < -0.3 is 5.73 Å². The Morgan fingerprint density at radius 1 is 0.885 bits per heavy atom. The van der Waals surface area contributed by atoms with E-state index >= 15 is 0 Å². The molecule has 126 valence electrons. The Morgan fingerprint density at radius 3 is 2.58 bits per heavy atom. The molecule has 0 saturated carbocycles. The lowest BCUT2D eigenvalue weighted by molar-refractivity contribution is 0.100. The molecule has 5 heteroatoms. The third kappa shape index (κ3) is 2.91. The van der Waals surface area contributed by atoms with E-state index in [4.69, 9.17) is 17.3 Å². The van der Waals surface area contributed by atoms with Gasteiger partial charge in [-0.15, -0.1) is 0 Å². The fourth-order valence-corrected chi connectivity index (χ4v) is 3.22. The lowest BCUT2D eigenvalue weighted by Gasteiger charge is -2.11. The van der Waals surface area contributed by atoms with E-state index in [0.29, 0.717) is 10.6 Å². The van der Waals surface area contributed by atoms with Gasteiger partial charge in [0.2, 0.25) is 5.91 Å². The standard InChI is InChI=1S/C21H14ClN3O/c22-15-4-1-3-14(11-15)20-16(5-2-9-25-20)13-6-7-19-18(12-13)17(21(23)26)8-10-24-19/h1-12H,(H2,23,26). The van der Waals surface area contributed by atoms with Crippen LogP contribution < -0.4 is 5.73 Å². The molecule has 0 aliphatic carbocycles. The van der Waals surface area contributed by atoms with Crippen LogP contribution in [0.25, 0.3) is 33.3 Å². The highest BCUT2D eigenvalue weighted by molar-refractivity contribution is 6.30. The molecule has 0 atom stereocenters. The van der Waals surface area contributed by atoms with Gasteiger partial charge in [-0.25, -0.2) is 0 Å². The van der Waals surface area contributed by atoms with Gasteiger partial charge in [0.25, 0.3) is 0 Å². The van der Waals surface area contributed by atoms with Crippen molar-refractivity contribution in [2.75, 3.05) is 0 Å². The number of fused-ring (bicyclic) bond motifs is 1. The van der Waals surface area contributed by atoms with Gasteiger partial charge in [-0.05, 0) is 42.0 Å². The fourth-order valence-electron chi connectivity index (χ4n) is 3.03. The minimum atomic E-state index is -0.476. The van der Waals surface area contributed by atoms with Gasteiger partial charge in [-0.2, -0.15) is 0 Å². The van der Waals surface area contributed by atoms with E-state index in [1.807, 2.05) is 54.6 Å². The van der Waals surface area contributed by atoms with Gasteiger partial charge >= 0.3 is 0 Å². The molecule has 2 aromatic heterocycles. The summed E-state index contributed by atoms with van der Waals surface area (Å²) in [7, 11) is 0. The van der Waals surface area contributed by atoms with Crippen molar-refractivity contribution in [3.8, 4) is 22.4 Å². The van der Waals surface area contributed by atoms with E-state index in [0.717, 1.165) is 33.3 Å². The van der Waals surface area contributed by atoms with Gasteiger partial charge in [-0.3, -0.25) is 14.8 Å². The van der Waals surface area contributed by atoms with Gasteiger partial charge in [0.15, 0.2) is 0 Å². The van der Waals surface area contributed by atoms with Crippen molar-refractivity contribution >= 4 is 28.4 Å². The Labute approximate surface area is 155 Å². The molecule has 2 heterocycles. The Kier molecular flexibility index (Phi) is 4.11. The fraction of sp³-hybridized carbons (Fsp3) is 0. The lowest BCUT2D eigenvalue weighted by atomic mass is 9.97. The number of carbonyl (C=O) groups excluding carboxylic acids is 1. The third-order valence-electron chi connectivity index (χ3n) is 4.22. The molecule has 0 radical (unpaired) electrons.